The van der Waals surface area contributed by atoms with Crippen LogP contribution in [0.4, 0.5) is 0 Å². The molecule has 0 bridgehead atoms. The Morgan fingerprint density at radius 3 is 2.48 bits per heavy atom. The zero-order chi connectivity index (χ0) is 15.1. The fourth-order valence-electron chi connectivity index (χ4n) is 1.69. The molecule has 108 valence electrons. The van der Waals surface area contributed by atoms with Crippen LogP contribution in [0.5, 0.6) is 5.75 Å². The van der Waals surface area contributed by atoms with Crippen molar-refractivity contribution in [3.8, 4) is 5.75 Å². The number of nitrogens with one attached hydrogen (secondary N) is 2. The number of hydrogen-bond donors (Lipinski definition) is 2. The first-order valence-electron chi connectivity index (χ1n) is 6.49. The number of carbonyl (C=O) groups excluding carboxylic acids is 2. The Morgan fingerprint density at radius 1 is 1.00 bits per heavy atom. The van der Waals surface area contributed by atoms with E-state index in [1.807, 2.05) is 31.2 Å². The van der Waals surface area contributed by atoms with E-state index in [1.54, 1.807) is 30.3 Å². The molecule has 0 aliphatic carbocycles. The molecule has 21 heavy (non-hydrogen) atoms. The molecule has 2 N–H and O–H groups in total. The van der Waals surface area contributed by atoms with E-state index in [0.29, 0.717) is 11.3 Å². The maximum absolute atomic E-state index is 11.8. The van der Waals surface area contributed by atoms with E-state index in [-0.39, 0.29) is 12.5 Å². The summed E-state index contributed by atoms with van der Waals surface area (Å²) >= 11 is 0. The van der Waals surface area contributed by atoms with E-state index in [0.717, 1.165) is 5.56 Å². The van der Waals surface area contributed by atoms with E-state index in [1.165, 1.54) is 0 Å². The van der Waals surface area contributed by atoms with Crippen molar-refractivity contribution in [2.24, 2.45) is 0 Å². The largest absolute Gasteiger partial charge is 0.484 e. The van der Waals surface area contributed by atoms with Gasteiger partial charge in [-0.1, -0.05) is 35.9 Å². The van der Waals surface area contributed by atoms with E-state index < -0.39 is 5.91 Å². The number of ether oxygens (including phenoxy) is 1. The highest BCUT2D eigenvalue weighted by atomic mass is 16.5. The van der Waals surface area contributed by atoms with Gasteiger partial charge in [0.1, 0.15) is 5.75 Å². The summed E-state index contributed by atoms with van der Waals surface area (Å²) in [5, 5.41) is 0. The molecule has 2 amide bonds. The summed E-state index contributed by atoms with van der Waals surface area (Å²) in [6.07, 6.45) is 0. The summed E-state index contributed by atoms with van der Waals surface area (Å²) in [5.41, 5.74) is 6.11. The summed E-state index contributed by atoms with van der Waals surface area (Å²) in [6, 6.07) is 16.1. The van der Waals surface area contributed by atoms with Crippen LogP contribution in [0.25, 0.3) is 0 Å². The SMILES string of the molecule is Cc1cccc(C(=O)NNC(=O)COc2ccccc2)c1. The number of rotatable bonds is 4. The molecule has 0 saturated carbocycles. The van der Waals surface area contributed by atoms with Crippen LogP contribution < -0.4 is 15.6 Å². The topological polar surface area (TPSA) is 67.4 Å². The van der Waals surface area contributed by atoms with Gasteiger partial charge in [0.25, 0.3) is 11.8 Å². The lowest BCUT2D eigenvalue weighted by molar-refractivity contribution is -0.123. The zero-order valence-corrected chi connectivity index (χ0v) is 11.6. The maximum Gasteiger partial charge on any atom is 0.276 e. The number of hydrazine groups is 1. The van der Waals surface area contributed by atoms with E-state index in [9.17, 15) is 9.59 Å². The second-order valence-corrected chi connectivity index (χ2v) is 4.47. The Balaban J connectivity index is 1.77. The first kappa shape index (κ1) is 14.6. The number of aryl methyl sites for hydroxylation is 1. The van der Waals surface area contributed by atoms with E-state index >= 15 is 0 Å². The minimum atomic E-state index is -0.431. The van der Waals surface area contributed by atoms with Gasteiger partial charge in [0, 0.05) is 5.56 Å². The molecule has 0 aromatic heterocycles. The summed E-state index contributed by atoms with van der Waals surface area (Å²) in [7, 11) is 0. The van der Waals surface area contributed by atoms with Crippen LogP contribution in [0.3, 0.4) is 0 Å². The highest BCUT2D eigenvalue weighted by Crippen LogP contribution is 2.07. The number of benzene rings is 2. The molecular formula is C16H16N2O3. The quantitative estimate of drug-likeness (QED) is 0.842. The van der Waals surface area contributed by atoms with Crippen LogP contribution >= 0.6 is 0 Å². The van der Waals surface area contributed by atoms with Crippen LogP contribution in [0, 0.1) is 6.92 Å². The Bertz CT molecular complexity index is 626. The van der Waals surface area contributed by atoms with Gasteiger partial charge >= 0.3 is 0 Å². The molecule has 0 spiro atoms. The van der Waals surface area contributed by atoms with Gasteiger partial charge < -0.3 is 4.74 Å². The molecular weight excluding hydrogens is 268 g/mol. The van der Waals surface area contributed by atoms with E-state index in [4.69, 9.17) is 4.74 Å². The summed E-state index contributed by atoms with van der Waals surface area (Å²) in [4.78, 5) is 23.4. The van der Waals surface area contributed by atoms with Gasteiger partial charge in [0.2, 0.25) is 0 Å². The van der Waals surface area contributed by atoms with Crippen molar-refractivity contribution in [2.45, 2.75) is 6.92 Å². The van der Waals surface area contributed by atoms with Gasteiger partial charge in [0.15, 0.2) is 6.61 Å². The first-order valence-corrected chi connectivity index (χ1v) is 6.49. The van der Waals surface area contributed by atoms with Crippen LogP contribution in [0.1, 0.15) is 15.9 Å². The van der Waals surface area contributed by atoms with Gasteiger partial charge in [-0.05, 0) is 31.2 Å². The van der Waals surface area contributed by atoms with Crippen LogP contribution in [-0.2, 0) is 4.79 Å². The van der Waals surface area contributed by atoms with Gasteiger partial charge in [0.05, 0.1) is 0 Å². The monoisotopic (exact) mass is 284 g/mol. The van der Waals surface area contributed by atoms with Gasteiger partial charge in [-0.2, -0.15) is 0 Å². The number of hydrogen-bond acceptors (Lipinski definition) is 3. The molecule has 2 aromatic carbocycles. The molecule has 0 aliphatic heterocycles. The van der Waals surface area contributed by atoms with Gasteiger partial charge in [-0.25, -0.2) is 0 Å². The minimum Gasteiger partial charge on any atom is -0.484 e. The maximum atomic E-state index is 11.8. The highest BCUT2D eigenvalue weighted by Gasteiger charge is 2.07. The fourth-order valence-corrected chi connectivity index (χ4v) is 1.69. The number of carbonyl (C=O) groups is 2. The Kier molecular flexibility index (Phi) is 4.93. The molecule has 2 rings (SSSR count). The number of para-hydroxylation sites is 1. The highest BCUT2D eigenvalue weighted by molar-refractivity contribution is 5.95. The molecule has 0 heterocycles. The summed E-state index contributed by atoms with van der Waals surface area (Å²) in [5.74, 6) is -0.204. The smallest absolute Gasteiger partial charge is 0.276 e. The second-order valence-electron chi connectivity index (χ2n) is 4.47. The molecule has 0 unspecified atom stereocenters. The van der Waals surface area contributed by atoms with Gasteiger partial charge in [-0.3, -0.25) is 20.4 Å². The third-order valence-electron chi connectivity index (χ3n) is 2.71. The summed E-state index contributed by atoms with van der Waals surface area (Å²) in [6.45, 7) is 1.72. The predicted molar refractivity (Wildman–Crippen MR) is 78.7 cm³/mol. The Morgan fingerprint density at radius 2 is 1.76 bits per heavy atom. The zero-order valence-electron chi connectivity index (χ0n) is 11.6. The standard InChI is InChI=1S/C16H16N2O3/c1-12-6-5-7-13(10-12)16(20)18-17-15(19)11-21-14-8-3-2-4-9-14/h2-10H,11H2,1H3,(H,17,19)(H,18,20). The van der Waals surface area contributed by atoms with Crippen molar-refractivity contribution in [1.82, 2.24) is 10.9 Å². The van der Waals surface area contributed by atoms with Crippen molar-refractivity contribution >= 4 is 11.8 Å². The van der Waals surface area contributed by atoms with Crippen molar-refractivity contribution in [2.75, 3.05) is 6.61 Å². The third kappa shape index (κ3) is 4.65. The third-order valence-corrected chi connectivity index (χ3v) is 2.71. The minimum absolute atomic E-state index is 0.169. The average Bonchev–Trinajstić information content (AvgIpc) is 2.51. The van der Waals surface area contributed by atoms with Crippen LogP contribution in [0.15, 0.2) is 54.6 Å². The second kappa shape index (κ2) is 7.09. The van der Waals surface area contributed by atoms with Crippen LogP contribution in [0.2, 0.25) is 0 Å². The van der Waals surface area contributed by atoms with Crippen molar-refractivity contribution in [3.05, 3.63) is 65.7 Å². The lowest BCUT2D eigenvalue weighted by atomic mass is 10.1. The normalized spacial score (nSPS) is 9.76. The molecule has 2 aromatic rings. The predicted octanol–water partition coefficient (Wildman–Crippen LogP) is 1.84. The average molecular weight is 284 g/mol. The Hall–Kier alpha value is -2.82. The van der Waals surface area contributed by atoms with Crippen molar-refractivity contribution in [1.29, 1.82) is 0 Å². The fraction of sp³-hybridized carbons (Fsp3) is 0.125. The molecule has 0 atom stereocenters. The molecule has 0 radical (unpaired) electrons. The van der Waals surface area contributed by atoms with Gasteiger partial charge in [-0.15, -0.1) is 0 Å². The Labute approximate surface area is 122 Å². The van der Waals surface area contributed by atoms with Crippen LogP contribution in [-0.4, -0.2) is 18.4 Å². The molecule has 5 nitrogen and oxygen atoms in total. The molecule has 0 saturated heterocycles. The molecule has 0 fully saturated rings. The van der Waals surface area contributed by atoms with Crippen molar-refractivity contribution in [3.63, 3.8) is 0 Å². The van der Waals surface area contributed by atoms with E-state index in [2.05, 4.69) is 10.9 Å². The first-order chi connectivity index (χ1) is 10.1. The lowest BCUT2D eigenvalue weighted by Crippen LogP contribution is -2.43. The molecule has 5 heteroatoms. The number of amides is 2. The molecule has 0 aliphatic rings. The summed E-state index contributed by atoms with van der Waals surface area (Å²) < 4.78 is 5.26. The van der Waals surface area contributed by atoms with Crippen molar-refractivity contribution < 1.29 is 14.3 Å². The lowest BCUT2D eigenvalue weighted by Gasteiger charge is -2.09.